The number of hydrogen-bond acceptors (Lipinski definition) is 2. The van der Waals surface area contributed by atoms with Crippen molar-refractivity contribution in [2.75, 3.05) is 0 Å². The Morgan fingerprint density at radius 3 is 1.06 bits per heavy atom. The normalized spacial score (nSPS) is 12.3. The summed E-state index contributed by atoms with van der Waals surface area (Å²) >= 11 is 0. The first-order chi connectivity index (χ1) is 16.0. The molecule has 174 valence electrons. The van der Waals surface area contributed by atoms with Gasteiger partial charge < -0.3 is 9.13 Å². The van der Waals surface area contributed by atoms with Gasteiger partial charge in [0.2, 0.25) is 0 Å². The number of nitrogens with zero attached hydrogens (tertiary/aromatic N) is 2. The third-order valence-corrected chi connectivity index (χ3v) is 7.39. The van der Waals surface area contributed by atoms with Crippen LogP contribution in [-0.2, 0) is 0 Å². The van der Waals surface area contributed by atoms with E-state index in [1.165, 1.54) is 0 Å². The molecule has 0 aliphatic heterocycles. The van der Waals surface area contributed by atoms with Gasteiger partial charge >= 0.3 is 0 Å². The van der Waals surface area contributed by atoms with E-state index in [1.807, 2.05) is 38.1 Å². The molecule has 2 aromatic heterocycles. The predicted octanol–water partition coefficient (Wildman–Crippen LogP) is 7.02. The quantitative estimate of drug-likeness (QED) is 0.270. The zero-order valence-electron chi connectivity index (χ0n) is 21.3. The van der Waals surface area contributed by atoms with Gasteiger partial charge in [0.15, 0.2) is 10.9 Å². The highest BCUT2D eigenvalue weighted by Gasteiger charge is 2.19. The van der Waals surface area contributed by atoms with Crippen molar-refractivity contribution in [3.63, 3.8) is 0 Å². The first kappa shape index (κ1) is 22.4. The van der Waals surface area contributed by atoms with Gasteiger partial charge in [-0.2, -0.15) is 0 Å². The van der Waals surface area contributed by atoms with E-state index in [4.69, 9.17) is 0 Å². The molecule has 0 fully saturated rings. The fourth-order valence-corrected chi connectivity index (χ4v) is 5.37. The van der Waals surface area contributed by atoms with Crippen LogP contribution in [0.3, 0.4) is 0 Å². The minimum absolute atomic E-state index is 0.0230. The number of fused-ring (bicyclic) bond motifs is 4. The minimum atomic E-state index is 0.0230. The molecule has 0 aliphatic carbocycles. The minimum Gasteiger partial charge on any atom is -0.338 e. The molecule has 0 unspecified atom stereocenters. The molecule has 34 heavy (non-hydrogen) atoms. The summed E-state index contributed by atoms with van der Waals surface area (Å²) < 4.78 is 4.42. The Morgan fingerprint density at radius 1 is 0.471 bits per heavy atom. The maximum Gasteiger partial charge on any atom is 0.197 e. The Bertz CT molecular complexity index is 1650. The molecule has 0 N–H and O–H groups in total. The highest BCUT2D eigenvalue weighted by molar-refractivity contribution is 6.04. The van der Waals surface area contributed by atoms with E-state index >= 15 is 0 Å². The van der Waals surface area contributed by atoms with Gasteiger partial charge in [0.25, 0.3) is 0 Å². The molecular weight excluding hydrogens is 420 g/mol. The lowest BCUT2D eigenvalue weighted by Crippen LogP contribution is -2.17. The zero-order chi connectivity index (χ0) is 24.6. The topological polar surface area (TPSA) is 44.0 Å². The highest BCUT2D eigenvalue weighted by atomic mass is 16.1. The van der Waals surface area contributed by atoms with Crippen molar-refractivity contribution in [3.8, 4) is 0 Å². The molecule has 0 radical (unpaired) electrons. The second kappa shape index (κ2) is 7.56. The lowest BCUT2D eigenvalue weighted by molar-refractivity contribution is 0.636. The first-order valence-electron chi connectivity index (χ1n) is 12.1. The van der Waals surface area contributed by atoms with Gasteiger partial charge in [0.1, 0.15) is 0 Å². The monoisotopic (exact) mass is 452 g/mol. The van der Waals surface area contributed by atoms with Gasteiger partial charge in [-0.25, -0.2) is 0 Å². The molecule has 3 aromatic carbocycles. The third kappa shape index (κ3) is 3.04. The lowest BCUT2D eigenvalue weighted by Gasteiger charge is -2.23. The van der Waals surface area contributed by atoms with Crippen molar-refractivity contribution < 1.29 is 0 Å². The summed E-state index contributed by atoms with van der Waals surface area (Å²) in [6.07, 6.45) is 0. The zero-order valence-corrected chi connectivity index (χ0v) is 21.3. The lowest BCUT2D eigenvalue weighted by atomic mass is 9.99. The molecule has 4 heteroatoms. The fourth-order valence-electron chi connectivity index (χ4n) is 5.37. The summed E-state index contributed by atoms with van der Waals surface area (Å²) in [4.78, 5) is 27.6. The van der Waals surface area contributed by atoms with Crippen LogP contribution in [0, 0.1) is 27.7 Å². The van der Waals surface area contributed by atoms with Crippen molar-refractivity contribution in [1.82, 2.24) is 9.13 Å². The van der Waals surface area contributed by atoms with Crippen LogP contribution in [0.15, 0.2) is 46.0 Å². The van der Waals surface area contributed by atoms with E-state index in [2.05, 4.69) is 62.8 Å². The van der Waals surface area contributed by atoms with E-state index < -0.39 is 0 Å². The van der Waals surface area contributed by atoms with Crippen molar-refractivity contribution in [2.24, 2.45) is 0 Å². The van der Waals surface area contributed by atoms with Gasteiger partial charge in [-0.05, 0) is 114 Å². The largest absolute Gasteiger partial charge is 0.338 e. The van der Waals surface area contributed by atoms with Crippen LogP contribution in [0.5, 0.6) is 0 Å². The molecule has 0 bridgehead atoms. The molecule has 0 saturated heterocycles. The molecule has 4 nitrogen and oxygen atoms in total. The van der Waals surface area contributed by atoms with Crippen LogP contribution in [0.4, 0.5) is 0 Å². The number of rotatable bonds is 2. The number of hydrogen-bond donors (Lipinski definition) is 0. The molecule has 0 atom stereocenters. The van der Waals surface area contributed by atoms with Gasteiger partial charge in [0.05, 0.1) is 22.1 Å². The maximum absolute atomic E-state index is 13.8. The van der Waals surface area contributed by atoms with Crippen molar-refractivity contribution in [3.05, 3.63) is 79.1 Å². The van der Waals surface area contributed by atoms with Crippen molar-refractivity contribution in [2.45, 2.75) is 67.5 Å². The van der Waals surface area contributed by atoms with E-state index in [0.29, 0.717) is 10.8 Å². The molecule has 0 aliphatic rings. The van der Waals surface area contributed by atoms with Gasteiger partial charge in [-0.1, -0.05) is 0 Å². The summed E-state index contributed by atoms with van der Waals surface area (Å²) in [6.45, 7) is 16.8. The predicted molar refractivity (Wildman–Crippen MR) is 145 cm³/mol. The van der Waals surface area contributed by atoms with Gasteiger partial charge in [0, 0.05) is 33.6 Å². The fraction of sp³-hybridized carbons (Fsp3) is 0.333. The smallest absolute Gasteiger partial charge is 0.197 e. The Morgan fingerprint density at radius 2 is 0.735 bits per heavy atom. The molecule has 5 rings (SSSR count). The molecule has 0 amide bonds. The Hall–Kier alpha value is -3.40. The molecule has 0 saturated carbocycles. The molecular formula is C30H32N2O2. The van der Waals surface area contributed by atoms with Crippen LogP contribution in [-0.4, -0.2) is 9.13 Å². The first-order valence-corrected chi connectivity index (χ1v) is 12.1. The molecule has 2 heterocycles. The molecule has 5 aromatic rings. The highest BCUT2D eigenvalue weighted by Crippen LogP contribution is 2.31. The van der Waals surface area contributed by atoms with Crippen molar-refractivity contribution >= 4 is 43.6 Å². The summed E-state index contributed by atoms with van der Waals surface area (Å²) in [6, 6.07) is 12.4. The van der Waals surface area contributed by atoms with Crippen LogP contribution in [0.25, 0.3) is 43.6 Å². The van der Waals surface area contributed by atoms with E-state index in [9.17, 15) is 9.59 Å². The standard InChI is InChI=1S/C30H32N2O2/c1-15(2)31-25-11-19(7)17(5)9-21(25)29(33)23-14-28-24(13-27(23)31)30(34)22-10-18(6)20(8)12-26(22)32(28)16(3)4/h9-16H,1-8H3. The van der Waals surface area contributed by atoms with Crippen LogP contribution in [0.2, 0.25) is 0 Å². The van der Waals surface area contributed by atoms with E-state index in [1.54, 1.807) is 0 Å². The van der Waals surface area contributed by atoms with Gasteiger partial charge in [-0.3, -0.25) is 9.59 Å². The maximum atomic E-state index is 13.8. The third-order valence-electron chi connectivity index (χ3n) is 7.39. The number of benzene rings is 3. The number of pyridine rings is 2. The molecule has 0 spiro atoms. The average molecular weight is 453 g/mol. The van der Waals surface area contributed by atoms with E-state index in [0.717, 1.165) is 55.1 Å². The van der Waals surface area contributed by atoms with E-state index in [-0.39, 0.29) is 22.9 Å². The van der Waals surface area contributed by atoms with Crippen LogP contribution < -0.4 is 10.9 Å². The second-order valence-corrected chi connectivity index (χ2v) is 10.4. The Labute approximate surface area is 199 Å². The second-order valence-electron chi connectivity index (χ2n) is 10.4. The summed E-state index contributed by atoms with van der Waals surface area (Å²) in [5.41, 5.74) is 8.05. The van der Waals surface area contributed by atoms with Crippen molar-refractivity contribution in [1.29, 1.82) is 0 Å². The number of aryl methyl sites for hydroxylation is 4. The van der Waals surface area contributed by atoms with Crippen LogP contribution >= 0.6 is 0 Å². The summed E-state index contributed by atoms with van der Waals surface area (Å²) in [5.74, 6) is 0. The average Bonchev–Trinajstić information content (AvgIpc) is 2.76. The van der Waals surface area contributed by atoms with Gasteiger partial charge in [-0.15, -0.1) is 0 Å². The Kier molecular flexibility index (Phi) is 4.98. The SMILES string of the molecule is Cc1cc2c(=O)c3cc4c(cc3n(C(C)C)c2cc1C)c(=O)c1cc(C)c(C)cc1n4C(C)C. The summed E-state index contributed by atoms with van der Waals surface area (Å²) in [7, 11) is 0. The van der Waals surface area contributed by atoms with Crippen LogP contribution in [0.1, 0.15) is 62.0 Å². The summed E-state index contributed by atoms with van der Waals surface area (Å²) in [5, 5.41) is 2.78. The Balaban J connectivity index is 2.12. The number of aromatic nitrogens is 2.